The van der Waals surface area contributed by atoms with E-state index in [4.69, 9.17) is 9.47 Å². The average Bonchev–Trinajstić information content (AvgIpc) is 2.46. The van der Waals surface area contributed by atoms with Gasteiger partial charge in [0.05, 0.1) is 12.6 Å². The largest absolute Gasteiger partial charge is 0.444 e. The number of amides is 1. The zero-order valence-electron chi connectivity index (χ0n) is 13.9. The van der Waals surface area contributed by atoms with E-state index >= 15 is 0 Å². The van der Waals surface area contributed by atoms with Crippen LogP contribution in [0.25, 0.3) is 0 Å². The molecule has 22 heavy (non-hydrogen) atoms. The van der Waals surface area contributed by atoms with Crippen molar-refractivity contribution in [3.63, 3.8) is 0 Å². The first-order chi connectivity index (χ1) is 10.4. The van der Waals surface area contributed by atoms with Crippen LogP contribution in [0.2, 0.25) is 0 Å². The molecule has 1 N–H and O–H groups in total. The minimum absolute atomic E-state index is 0.0135. The van der Waals surface area contributed by atoms with Crippen molar-refractivity contribution in [2.24, 2.45) is 0 Å². The Morgan fingerprint density at radius 2 is 2.18 bits per heavy atom. The molecule has 122 valence electrons. The van der Waals surface area contributed by atoms with Crippen molar-refractivity contribution >= 4 is 6.09 Å². The van der Waals surface area contributed by atoms with E-state index in [1.165, 1.54) is 0 Å². The molecule has 0 aromatic heterocycles. The van der Waals surface area contributed by atoms with E-state index in [-0.39, 0.29) is 12.1 Å². The maximum atomic E-state index is 12.5. The minimum atomic E-state index is -0.482. The topological polar surface area (TPSA) is 50.8 Å². The summed E-state index contributed by atoms with van der Waals surface area (Å²) in [5, 5.41) is 3.35. The van der Waals surface area contributed by atoms with E-state index in [0.717, 1.165) is 24.2 Å². The van der Waals surface area contributed by atoms with Crippen LogP contribution in [0.5, 0.6) is 0 Å². The molecule has 1 aliphatic rings. The number of carbonyl (C=O) groups is 1. The maximum absolute atomic E-state index is 12.5. The Labute approximate surface area is 132 Å². The number of piperazine rings is 1. The smallest absolute Gasteiger partial charge is 0.410 e. The van der Waals surface area contributed by atoms with Crippen molar-refractivity contribution in [2.75, 3.05) is 26.7 Å². The van der Waals surface area contributed by atoms with E-state index in [0.29, 0.717) is 13.2 Å². The van der Waals surface area contributed by atoms with Gasteiger partial charge in [-0.1, -0.05) is 24.3 Å². The van der Waals surface area contributed by atoms with Crippen molar-refractivity contribution in [1.82, 2.24) is 10.2 Å². The number of nitrogens with one attached hydrogen (secondary N) is 1. The Kier molecular flexibility index (Phi) is 5.42. The predicted octanol–water partition coefficient (Wildman–Crippen LogP) is 2.71. The van der Waals surface area contributed by atoms with Gasteiger partial charge in [0, 0.05) is 26.7 Å². The summed E-state index contributed by atoms with van der Waals surface area (Å²) in [6.07, 6.45) is -0.254. The summed E-state index contributed by atoms with van der Waals surface area (Å²) in [7, 11) is 1.68. The van der Waals surface area contributed by atoms with Crippen molar-refractivity contribution in [3.05, 3.63) is 35.4 Å². The zero-order chi connectivity index (χ0) is 16.2. The van der Waals surface area contributed by atoms with Crippen LogP contribution < -0.4 is 5.32 Å². The van der Waals surface area contributed by atoms with Gasteiger partial charge in [0.1, 0.15) is 5.60 Å². The number of carbonyl (C=O) groups excluding carboxylic acids is 1. The molecule has 2 rings (SSSR count). The fourth-order valence-corrected chi connectivity index (χ4v) is 2.60. The fraction of sp³-hybridized carbons (Fsp3) is 0.588. The van der Waals surface area contributed by atoms with Gasteiger partial charge < -0.3 is 14.8 Å². The molecule has 5 nitrogen and oxygen atoms in total. The first kappa shape index (κ1) is 16.8. The van der Waals surface area contributed by atoms with E-state index < -0.39 is 5.60 Å². The highest BCUT2D eigenvalue weighted by Gasteiger charge is 2.31. The molecule has 0 aliphatic carbocycles. The highest BCUT2D eigenvalue weighted by atomic mass is 16.6. The number of nitrogens with zero attached hydrogens (tertiary/aromatic N) is 1. The number of methoxy groups -OCH3 is 1. The molecule has 1 heterocycles. The Balaban J connectivity index is 2.19. The van der Waals surface area contributed by atoms with Gasteiger partial charge in [0.15, 0.2) is 0 Å². The molecule has 1 amide bonds. The minimum Gasteiger partial charge on any atom is -0.444 e. The lowest BCUT2D eigenvalue weighted by Crippen LogP contribution is -2.50. The normalized spacial score (nSPS) is 19.1. The molecule has 5 heteroatoms. The lowest BCUT2D eigenvalue weighted by atomic mass is 10.0. The maximum Gasteiger partial charge on any atom is 0.410 e. The monoisotopic (exact) mass is 306 g/mol. The third-order valence-electron chi connectivity index (χ3n) is 3.52. The highest BCUT2D eigenvalue weighted by Crippen LogP contribution is 2.25. The van der Waals surface area contributed by atoms with Crippen LogP contribution in [0.15, 0.2) is 24.3 Å². The van der Waals surface area contributed by atoms with Gasteiger partial charge >= 0.3 is 6.09 Å². The number of benzene rings is 1. The van der Waals surface area contributed by atoms with Crippen LogP contribution in [0.1, 0.15) is 37.9 Å². The second-order valence-electron chi connectivity index (χ2n) is 6.57. The van der Waals surface area contributed by atoms with Gasteiger partial charge in [-0.05, 0) is 31.9 Å². The Morgan fingerprint density at radius 1 is 1.41 bits per heavy atom. The van der Waals surface area contributed by atoms with Gasteiger partial charge in [0.25, 0.3) is 0 Å². The standard InChI is InChI=1S/C17H26N2O3/c1-17(2,3)22-16(20)19-9-8-18-11-15(19)14-7-5-6-13(10-14)12-21-4/h5-7,10,15,18H,8-9,11-12H2,1-4H3. The second kappa shape index (κ2) is 7.11. The van der Waals surface area contributed by atoms with Crippen LogP contribution in [0, 0.1) is 0 Å². The van der Waals surface area contributed by atoms with Gasteiger partial charge in [-0.2, -0.15) is 0 Å². The van der Waals surface area contributed by atoms with Crippen LogP contribution in [0.3, 0.4) is 0 Å². The third-order valence-corrected chi connectivity index (χ3v) is 3.52. The molecular formula is C17H26N2O3. The molecule has 0 saturated carbocycles. The molecule has 0 radical (unpaired) electrons. The molecular weight excluding hydrogens is 280 g/mol. The summed E-state index contributed by atoms with van der Waals surface area (Å²) in [6.45, 7) is 8.40. The average molecular weight is 306 g/mol. The van der Waals surface area contributed by atoms with E-state index in [2.05, 4.69) is 11.4 Å². The zero-order valence-corrected chi connectivity index (χ0v) is 13.9. The van der Waals surface area contributed by atoms with Crippen molar-refractivity contribution in [3.8, 4) is 0 Å². The van der Waals surface area contributed by atoms with Gasteiger partial charge in [-0.15, -0.1) is 0 Å². The summed E-state index contributed by atoms with van der Waals surface area (Å²) < 4.78 is 10.7. The van der Waals surface area contributed by atoms with E-state index in [1.54, 1.807) is 7.11 Å². The fourth-order valence-electron chi connectivity index (χ4n) is 2.60. The Bertz CT molecular complexity index is 511. The van der Waals surface area contributed by atoms with Crippen molar-refractivity contribution in [2.45, 2.75) is 39.0 Å². The lowest BCUT2D eigenvalue weighted by Gasteiger charge is -2.37. The molecule has 1 atom stereocenters. The number of rotatable bonds is 3. The molecule has 0 spiro atoms. The highest BCUT2D eigenvalue weighted by molar-refractivity contribution is 5.69. The van der Waals surface area contributed by atoms with Gasteiger partial charge in [-0.25, -0.2) is 4.79 Å². The third kappa shape index (κ3) is 4.45. The summed E-state index contributed by atoms with van der Waals surface area (Å²) in [5.41, 5.74) is 1.73. The molecule has 0 bridgehead atoms. The van der Waals surface area contributed by atoms with E-state index in [1.807, 2.05) is 43.9 Å². The van der Waals surface area contributed by atoms with Gasteiger partial charge in [0.2, 0.25) is 0 Å². The molecule has 1 saturated heterocycles. The van der Waals surface area contributed by atoms with Gasteiger partial charge in [-0.3, -0.25) is 4.90 Å². The van der Waals surface area contributed by atoms with Crippen LogP contribution >= 0.6 is 0 Å². The van der Waals surface area contributed by atoms with Crippen molar-refractivity contribution < 1.29 is 14.3 Å². The Morgan fingerprint density at radius 3 is 2.86 bits per heavy atom. The Hall–Kier alpha value is -1.59. The summed E-state index contributed by atoms with van der Waals surface area (Å²) in [4.78, 5) is 14.3. The number of hydrogen-bond acceptors (Lipinski definition) is 4. The van der Waals surface area contributed by atoms with E-state index in [9.17, 15) is 4.79 Å². The first-order valence-electron chi connectivity index (χ1n) is 7.69. The SMILES string of the molecule is COCc1cccc(C2CNCCN2C(=O)OC(C)(C)C)c1. The number of hydrogen-bond donors (Lipinski definition) is 1. The summed E-state index contributed by atoms with van der Waals surface area (Å²) >= 11 is 0. The van der Waals surface area contributed by atoms with Crippen LogP contribution in [-0.2, 0) is 16.1 Å². The van der Waals surface area contributed by atoms with Crippen LogP contribution in [-0.4, -0.2) is 43.3 Å². The van der Waals surface area contributed by atoms with Crippen molar-refractivity contribution in [1.29, 1.82) is 0 Å². The lowest BCUT2D eigenvalue weighted by molar-refractivity contribution is 0.0118. The quantitative estimate of drug-likeness (QED) is 0.933. The molecule has 1 unspecified atom stereocenters. The molecule has 1 aromatic carbocycles. The second-order valence-corrected chi connectivity index (χ2v) is 6.57. The predicted molar refractivity (Wildman–Crippen MR) is 85.7 cm³/mol. The first-order valence-corrected chi connectivity index (χ1v) is 7.69. The van der Waals surface area contributed by atoms with Crippen LogP contribution in [0.4, 0.5) is 4.79 Å². The molecule has 1 aliphatic heterocycles. The summed E-state index contributed by atoms with van der Waals surface area (Å²) in [6, 6.07) is 8.17. The molecule has 1 fully saturated rings. The molecule has 1 aromatic rings. The number of ether oxygens (including phenoxy) is 2. The summed E-state index contributed by atoms with van der Waals surface area (Å²) in [5.74, 6) is 0.